The van der Waals surface area contributed by atoms with Gasteiger partial charge in [-0.25, -0.2) is 4.79 Å². The van der Waals surface area contributed by atoms with E-state index in [0.29, 0.717) is 0 Å². The lowest BCUT2D eigenvalue weighted by Gasteiger charge is -2.48. The fraction of sp³-hybridized carbons (Fsp3) is 0.933. The maximum atomic E-state index is 11.7. The third-order valence-corrected chi connectivity index (χ3v) is 4.68. The van der Waals surface area contributed by atoms with Gasteiger partial charge in [0, 0.05) is 0 Å². The van der Waals surface area contributed by atoms with Gasteiger partial charge in [0.05, 0.1) is 6.61 Å². The monoisotopic (exact) mass is 430 g/mol. The molecule has 0 aromatic heterocycles. The highest BCUT2D eigenvalue weighted by Crippen LogP contribution is 2.34. The predicted octanol–water partition coefficient (Wildman–Crippen LogP) is -6.15. The van der Waals surface area contributed by atoms with E-state index in [2.05, 4.69) is 0 Å². The standard InChI is InChI=1S/C15H26O14/c1-4(18)12(24)28-15(3-17)11(23)7(20)9(22)14(29-15)27-10-5(2-16)26-13(25)8(21)6(10)19/h4-11,13-14,16-23,25H,2-3H2,1H3/t4?,5-,6-,7+,8-,9-,10-,11-,13-,14+,15+/m1/s1. The molecule has 0 aliphatic carbocycles. The van der Waals surface area contributed by atoms with Gasteiger partial charge >= 0.3 is 5.97 Å². The molecule has 2 heterocycles. The minimum absolute atomic E-state index is 0.804. The van der Waals surface area contributed by atoms with Crippen LogP contribution in [0.3, 0.4) is 0 Å². The summed E-state index contributed by atoms with van der Waals surface area (Å²) in [6.45, 7) is -1.01. The molecule has 0 aromatic carbocycles. The molecule has 170 valence electrons. The van der Waals surface area contributed by atoms with E-state index >= 15 is 0 Å². The number of hydrogen-bond donors (Lipinski definition) is 9. The lowest BCUT2D eigenvalue weighted by molar-refractivity contribution is -0.416. The zero-order valence-electron chi connectivity index (χ0n) is 15.3. The van der Waals surface area contributed by atoms with Crippen LogP contribution in [0.25, 0.3) is 0 Å². The maximum Gasteiger partial charge on any atom is 0.337 e. The number of carbonyl (C=O) groups is 1. The highest BCUT2D eigenvalue weighted by molar-refractivity contribution is 5.74. The molecule has 2 aliphatic heterocycles. The van der Waals surface area contributed by atoms with Crippen LogP contribution in [0, 0.1) is 0 Å². The molecule has 2 saturated heterocycles. The lowest BCUT2D eigenvalue weighted by atomic mass is 9.95. The molecule has 14 nitrogen and oxygen atoms in total. The van der Waals surface area contributed by atoms with E-state index in [4.69, 9.17) is 18.9 Å². The number of ether oxygens (including phenoxy) is 4. The molecular weight excluding hydrogens is 404 g/mol. The van der Waals surface area contributed by atoms with Gasteiger partial charge in [0.2, 0.25) is 0 Å². The molecule has 2 fully saturated rings. The van der Waals surface area contributed by atoms with Crippen molar-refractivity contribution < 1.29 is 69.7 Å². The molecule has 2 rings (SSSR count). The van der Waals surface area contributed by atoms with Gasteiger partial charge in [-0.15, -0.1) is 0 Å². The van der Waals surface area contributed by atoms with Crippen LogP contribution in [0.1, 0.15) is 6.92 Å². The van der Waals surface area contributed by atoms with E-state index in [9.17, 15) is 50.8 Å². The average Bonchev–Trinajstić information content (AvgIpc) is 2.69. The number of aliphatic hydroxyl groups excluding tert-OH is 9. The van der Waals surface area contributed by atoms with Gasteiger partial charge in [-0.3, -0.25) is 0 Å². The SMILES string of the molecule is CC(O)C(=O)O[C@@]1(CO)O[C@H](O[C@H]2[C@H](O)[C@@H](O)[C@H](O)O[C@@H]2CO)[C@H](O)[C@H](O)[C@H]1O. The summed E-state index contributed by atoms with van der Waals surface area (Å²) in [6.07, 6.45) is -18.5. The van der Waals surface area contributed by atoms with Crippen LogP contribution in [0.5, 0.6) is 0 Å². The number of aliphatic hydroxyl groups is 9. The third kappa shape index (κ3) is 4.68. The van der Waals surface area contributed by atoms with Crippen LogP contribution in [0.2, 0.25) is 0 Å². The van der Waals surface area contributed by atoms with Gasteiger partial charge in [0.15, 0.2) is 18.7 Å². The van der Waals surface area contributed by atoms with Crippen LogP contribution >= 0.6 is 0 Å². The van der Waals surface area contributed by atoms with Crippen molar-refractivity contribution in [2.45, 2.75) is 74.1 Å². The van der Waals surface area contributed by atoms with E-state index < -0.39 is 86.4 Å². The molecular formula is C15H26O14. The first kappa shape index (κ1) is 24.3. The van der Waals surface area contributed by atoms with Gasteiger partial charge in [0.25, 0.3) is 5.79 Å². The molecule has 0 bridgehead atoms. The molecule has 0 amide bonds. The number of rotatable bonds is 6. The Kier molecular flexibility index (Phi) is 7.88. The second-order valence-electron chi connectivity index (χ2n) is 6.81. The van der Waals surface area contributed by atoms with E-state index in [0.717, 1.165) is 6.92 Å². The van der Waals surface area contributed by atoms with E-state index in [1.54, 1.807) is 0 Å². The summed E-state index contributed by atoms with van der Waals surface area (Å²) in [5, 5.41) is 88.0. The molecule has 0 aromatic rings. The van der Waals surface area contributed by atoms with Crippen molar-refractivity contribution in [3.63, 3.8) is 0 Å². The summed E-state index contributed by atoms with van der Waals surface area (Å²) in [5.41, 5.74) is 0. The summed E-state index contributed by atoms with van der Waals surface area (Å²) in [4.78, 5) is 11.7. The second kappa shape index (κ2) is 9.42. The quantitative estimate of drug-likeness (QED) is 0.178. The Morgan fingerprint density at radius 2 is 1.66 bits per heavy atom. The first-order chi connectivity index (χ1) is 13.5. The predicted molar refractivity (Wildman–Crippen MR) is 85.3 cm³/mol. The summed E-state index contributed by atoms with van der Waals surface area (Å²) >= 11 is 0. The first-order valence-electron chi connectivity index (χ1n) is 8.68. The Balaban J connectivity index is 2.27. The van der Waals surface area contributed by atoms with Crippen LogP contribution in [0.4, 0.5) is 0 Å². The highest BCUT2D eigenvalue weighted by atomic mass is 16.8. The van der Waals surface area contributed by atoms with Crippen LogP contribution < -0.4 is 0 Å². The molecule has 9 N–H and O–H groups in total. The zero-order valence-corrected chi connectivity index (χ0v) is 15.3. The van der Waals surface area contributed by atoms with Crippen LogP contribution in [-0.2, 0) is 23.7 Å². The summed E-state index contributed by atoms with van der Waals surface area (Å²) in [5.74, 6) is -4.00. The van der Waals surface area contributed by atoms with Gasteiger partial charge in [-0.05, 0) is 6.92 Å². The smallest absolute Gasteiger partial charge is 0.337 e. The van der Waals surface area contributed by atoms with Gasteiger partial charge < -0.3 is 64.9 Å². The fourth-order valence-corrected chi connectivity index (χ4v) is 2.95. The van der Waals surface area contributed by atoms with Crippen molar-refractivity contribution >= 4 is 5.97 Å². The number of esters is 1. The molecule has 2 aliphatic rings. The van der Waals surface area contributed by atoms with Gasteiger partial charge in [-0.1, -0.05) is 0 Å². The lowest BCUT2D eigenvalue weighted by Crippen LogP contribution is -2.69. The van der Waals surface area contributed by atoms with E-state index in [-0.39, 0.29) is 0 Å². The number of carbonyl (C=O) groups excluding carboxylic acids is 1. The topological polar surface area (TPSA) is 236 Å². The Labute approximate surface area is 164 Å². The summed E-state index contributed by atoms with van der Waals surface area (Å²) in [7, 11) is 0. The van der Waals surface area contributed by atoms with E-state index in [1.165, 1.54) is 0 Å². The molecule has 0 saturated carbocycles. The third-order valence-electron chi connectivity index (χ3n) is 4.68. The minimum Gasteiger partial charge on any atom is -0.425 e. The first-order valence-corrected chi connectivity index (χ1v) is 8.68. The fourth-order valence-electron chi connectivity index (χ4n) is 2.95. The van der Waals surface area contributed by atoms with Crippen molar-refractivity contribution in [2.24, 2.45) is 0 Å². The largest absolute Gasteiger partial charge is 0.425 e. The van der Waals surface area contributed by atoms with Crippen molar-refractivity contribution in [3.05, 3.63) is 0 Å². The van der Waals surface area contributed by atoms with Crippen molar-refractivity contribution in [1.29, 1.82) is 0 Å². The Morgan fingerprint density at radius 3 is 2.17 bits per heavy atom. The van der Waals surface area contributed by atoms with Crippen molar-refractivity contribution in [2.75, 3.05) is 13.2 Å². The van der Waals surface area contributed by atoms with Gasteiger partial charge in [-0.2, -0.15) is 0 Å². The zero-order chi connectivity index (χ0) is 22.1. The Bertz CT molecular complexity index is 557. The van der Waals surface area contributed by atoms with E-state index in [1.807, 2.05) is 0 Å². The Hall–Kier alpha value is -1.01. The average molecular weight is 430 g/mol. The normalized spacial score (nSPS) is 46.9. The van der Waals surface area contributed by atoms with Crippen LogP contribution in [-0.4, -0.2) is 132 Å². The molecule has 11 atom stereocenters. The van der Waals surface area contributed by atoms with Gasteiger partial charge in [0.1, 0.15) is 49.3 Å². The Morgan fingerprint density at radius 1 is 1.03 bits per heavy atom. The molecule has 14 heteroatoms. The van der Waals surface area contributed by atoms with Crippen LogP contribution in [0.15, 0.2) is 0 Å². The summed E-state index contributed by atoms with van der Waals surface area (Å²) < 4.78 is 20.1. The second-order valence-corrected chi connectivity index (χ2v) is 6.81. The van der Waals surface area contributed by atoms with Crippen molar-refractivity contribution in [3.8, 4) is 0 Å². The molecule has 29 heavy (non-hydrogen) atoms. The highest BCUT2D eigenvalue weighted by Gasteiger charge is 2.58. The summed E-state index contributed by atoms with van der Waals surface area (Å²) in [6, 6.07) is 0. The van der Waals surface area contributed by atoms with Crippen molar-refractivity contribution in [1.82, 2.24) is 0 Å². The minimum atomic E-state index is -2.66. The number of hydrogen-bond acceptors (Lipinski definition) is 14. The maximum absolute atomic E-state index is 11.7. The molecule has 0 radical (unpaired) electrons. The molecule has 1 unspecified atom stereocenters. The molecule has 0 spiro atoms.